The van der Waals surface area contributed by atoms with Gasteiger partial charge in [0.15, 0.2) is 5.76 Å². The zero-order valence-corrected chi connectivity index (χ0v) is 15.1. The largest absolute Gasteiger partial charge is 0.423 e. The molecule has 0 saturated carbocycles. The Hall–Kier alpha value is -2.96. The molecular formula is C19H22N4O3. The van der Waals surface area contributed by atoms with Crippen molar-refractivity contribution >= 4 is 5.91 Å². The molecule has 2 heterocycles. The lowest BCUT2D eigenvalue weighted by Crippen LogP contribution is -2.31. The van der Waals surface area contributed by atoms with E-state index in [0.29, 0.717) is 35.6 Å². The van der Waals surface area contributed by atoms with E-state index in [9.17, 15) is 4.79 Å². The molecule has 0 spiro atoms. The predicted octanol–water partition coefficient (Wildman–Crippen LogP) is 3.48. The highest BCUT2D eigenvalue weighted by Crippen LogP contribution is 2.22. The smallest absolute Gasteiger partial charge is 0.238 e. The van der Waals surface area contributed by atoms with Gasteiger partial charge >= 0.3 is 0 Å². The van der Waals surface area contributed by atoms with E-state index in [1.807, 2.05) is 30.3 Å². The van der Waals surface area contributed by atoms with Gasteiger partial charge in [-0.25, -0.2) is 0 Å². The number of carbonyl (C=O) groups excluding carboxylic acids is 1. The van der Waals surface area contributed by atoms with Crippen LogP contribution in [0.1, 0.15) is 43.8 Å². The molecule has 1 atom stereocenters. The first-order valence-corrected chi connectivity index (χ1v) is 8.61. The maximum absolute atomic E-state index is 12.4. The standard InChI is InChI=1S/C19H22N4O3/c1-12(2)9-16(19-22-21-13(3)25-19)20-18(24)11-15-10-17(26-23-15)14-7-5-4-6-8-14/h4-8,10,12,16H,9,11H2,1-3H3,(H,20,24). The van der Waals surface area contributed by atoms with Gasteiger partial charge in [0.25, 0.3) is 0 Å². The Morgan fingerprint density at radius 2 is 1.96 bits per heavy atom. The molecule has 7 nitrogen and oxygen atoms in total. The SMILES string of the molecule is Cc1nnc(C(CC(C)C)NC(=O)Cc2cc(-c3ccccc3)on2)o1. The van der Waals surface area contributed by atoms with Crippen LogP contribution in [0, 0.1) is 12.8 Å². The summed E-state index contributed by atoms with van der Waals surface area (Å²) in [5.41, 5.74) is 1.50. The second-order valence-electron chi connectivity index (χ2n) is 6.63. The average molecular weight is 354 g/mol. The molecule has 0 aliphatic carbocycles. The van der Waals surface area contributed by atoms with Crippen molar-refractivity contribution in [1.29, 1.82) is 0 Å². The molecular weight excluding hydrogens is 332 g/mol. The Bertz CT molecular complexity index is 855. The van der Waals surface area contributed by atoms with Gasteiger partial charge in [0.1, 0.15) is 6.04 Å². The van der Waals surface area contributed by atoms with Crippen molar-refractivity contribution in [2.24, 2.45) is 5.92 Å². The monoisotopic (exact) mass is 354 g/mol. The molecule has 0 bridgehead atoms. The second-order valence-corrected chi connectivity index (χ2v) is 6.63. The highest BCUT2D eigenvalue weighted by molar-refractivity contribution is 5.78. The molecule has 0 fully saturated rings. The van der Waals surface area contributed by atoms with Crippen LogP contribution in [-0.2, 0) is 11.2 Å². The van der Waals surface area contributed by atoms with E-state index in [0.717, 1.165) is 5.56 Å². The summed E-state index contributed by atoms with van der Waals surface area (Å²) in [6.45, 7) is 5.88. The Kier molecular flexibility index (Phi) is 5.46. The number of rotatable bonds is 7. The van der Waals surface area contributed by atoms with Crippen molar-refractivity contribution in [2.75, 3.05) is 0 Å². The van der Waals surface area contributed by atoms with Gasteiger partial charge in [-0.15, -0.1) is 10.2 Å². The number of carbonyl (C=O) groups is 1. The van der Waals surface area contributed by atoms with Crippen molar-refractivity contribution in [1.82, 2.24) is 20.7 Å². The van der Waals surface area contributed by atoms with E-state index in [-0.39, 0.29) is 18.4 Å². The van der Waals surface area contributed by atoms with E-state index in [1.165, 1.54) is 0 Å². The van der Waals surface area contributed by atoms with Crippen LogP contribution in [0.15, 0.2) is 45.3 Å². The molecule has 1 unspecified atom stereocenters. The average Bonchev–Trinajstić information content (AvgIpc) is 3.24. The number of nitrogens with zero attached hydrogens (tertiary/aromatic N) is 3. The molecule has 3 rings (SSSR count). The molecule has 26 heavy (non-hydrogen) atoms. The zero-order valence-electron chi connectivity index (χ0n) is 15.1. The second kappa shape index (κ2) is 7.95. The van der Waals surface area contributed by atoms with E-state index < -0.39 is 0 Å². The summed E-state index contributed by atoms with van der Waals surface area (Å²) >= 11 is 0. The van der Waals surface area contributed by atoms with Crippen molar-refractivity contribution in [3.05, 3.63) is 53.9 Å². The first-order valence-electron chi connectivity index (χ1n) is 8.61. The van der Waals surface area contributed by atoms with Crippen LogP contribution in [0.4, 0.5) is 0 Å². The number of hydrogen-bond donors (Lipinski definition) is 1. The van der Waals surface area contributed by atoms with Gasteiger partial charge in [0, 0.05) is 18.6 Å². The summed E-state index contributed by atoms with van der Waals surface area (Å²) in [5.74, 6) is 1.74. The first-order chi connectivity index (χ1) is 12.5. The summed E-state index contributed by atoms with van der Waals surface area (Å²) in [6.07, 6.45) is 0.833. The molecule has 136 valence electrons. The van der Waals surface area contributed by atoms with Crippen LogP contribution in [0.5, 0.6) is 0 Å². The van der Waals surface area contributed by atoms with Crippen LogP contribution < -0.4 is 5.32 Å². The number of amides is 1. The maximum Gasteiger partial charge on any atom is 0.238 e. The number of aromatic nitrogens is 3. The Balaban J connectivity index is 1.66. The van der Waals surface area contributed by atoms with Crippen LogP contribution in [0.2, 0.25) is 0 Å². The van der Waals surface area contributed by atoms with Gasteiger partial charge in [-0.1, -0.05) is 49.3 Å². The summed E-state index contributed by atoms with van der Waals surface area (Å²) in [7, 11) is 0. The van der Waals surface area contributed by atoms with Crippen LogP contribution in [0.3, 0.4) is 0 Å². The maximum atomic E-state index is 12.4. The molecule has 3 aromatic rings. The van der Waals surface area contributed by atoms with Crippen molar-refractivity contribution in [2.45, 2.75) is 39.7 Å². The Morgan fingerprint density at radius 3 is 2.62 bits per heavy atom. The summed E-state index contributed by atoms with van der Waals surface area (Å²) in [5, 5.41) is 14.8. The van der Waals surface area contributed by atoms with Crippen LogP contribution >= 0.6 is 0 Å². The minimum atomic E-state index is -0.316. The zero-order chi connectivity index (χ0) is 18.5. The molecule has 1 N–H and O–H groups in total. The molecule has 0 radical (unpaired) electrons. The normalized spacial score (nSPS) is 12.3. The summed E-state index contributed by atoms with van der Waals surface area (Å²) in [4.78, 5) is 12.4. The number of nitrogens with one attached hydrogen (secondary N) is 1. The number of hydrogen-bond acceptors (Lipinski definition) is 6. The quantitative estimate of drug-likeness (QED) is 0.698. The third kappa shape index (κ3) is 4.56. The van der Waals surface area contributed by atoms with Crippen molar-refractivity contribution < 1.29 is 13.7 Å². The Morgan fingerprint density at radius 1 is 1.19 bits per heavy atom. The summed E-state index contributed by atoms with van der Waals surface area (Å²) < 4.78 is 10.8. The van der Waals surface area contributed by atoms with Gasteiger partial charge < -0.3 is 14.3 Å². The fraction of sp³-hybridized carbons (Fsp3) is 0.368. The highest BCUT2D eigenvalue weighted by Gasteiger charge is 2.22. The number of aryl methyl sites for hydroxylation is 1. The van der Waals surface area contributed by atoms with Crippen LogP contribution in [0.25, 0.3) is 11.3 Å². The molecule has 7 heteroatoms. The Labute approximate surface area is 151 Å². The lowest BCUT2D eigenvalue weighted by atomic mass is 10.0. The third-order valence-electron chi connectivity index (χ3n) is 3.84. The van der Waals surface area contributed by atoms with Crippen LogP contribution in [-0.4, -0.2) is 21.3 Å². The molecule has 0 saturated heterocycles. The summed E-state index contributed by atoms with van der Waals surface area (Å²) in [6, 6.07) is 11.1. The molecule has 2 aromatic heterocycles. The van der Waals surface area contributed by atoms with Gasteiger partial charge in [0.2, 0.25) is 17.7 Å². The van der Waals surface area contributed by atoms with E-state index in [4.69, 9.17) is 8.94 Å². The topological polar surface area (TPSA) is 94.1 Å². The first kappa shape index (κ1) is 17.8. The van der Waals surface area contributed by atoms with Gasteiger partial charge in [0.05, 0.1) is 12.1 Å². The van der Waals surface area contributed by atoms with Gasteiger partial charge in [-0.05, 0) is 12.3 Å². The minimum absolute atomic E-state index is 0.123. The van der Waals surface area contributed by atoms with Gasteiger partial charge in [-0.3, -0.25) is 4.79 Å². The molecule has 0 aliphatic rings. The van der Waals surface area contributed by atoms with Crippen molar-refractivity contribution in [3.63, 3.8) is 0 Å². The number of benzene rings is 1. The fourth-order valence-corrected chi connectivity index (χ4v) is 2.69. The molecule has 0 aliphatic heterocycles. The fourth-order valence-electron chi connectivity index (χ4n) is 2.69. The lowest BCUT2D eigenvalue weighted by Gasteiger charge is -2.16. The lowest BCUT2D eigenvalue weighted by molar-refractivity contribution is -0.121. The molecule has 1 aromatic carbocycles. The predicted molar refractivity (Wildman–Crippen MR) is 95.0 cm³/mol. The third-order valence-corrected chi connectivity index (χ3v) is 3.84. The van der Waals surface area contributed by atoms with E-state index >= 15 is 0 Å². The van der Waals surface area contributed by atoms with Crippen molar-refractivity contribution in [3.8, 4) is 11.3 Å². The van der Waals surface area contributed by atoms with E-state index in [1.54, 1.807) is 13.0 Å². The minimum Gasteiger partial charge on any atom is -0.423 e. The van der Waals surface area contributed by atoms with Gasteiger partial charge in [-0.2, -0.15) is 0 Å². The highest BCUT2D eigenvalue weighted by atomic mass is 16.5. The van der Waals surface area contributed by atoms with E-state index in [2.05, 4.69) is 34.5 Å². The molecule has 1 amide bonds.